The van der Waals surface area contributed by atoms with Crippen molar-refractivity contribution in [1.29, 1.82) is 0 Å². The lowest BCUT2D eigenvalue weighted by Crippen LogP contribution is -2.25. The molecule has 3 N–H and O–H groups in total. The van der Waals surface area contributed by atoms with Crippen molar-refractivity contribution in [2.75, 3.05) is 26.4 Å². The van der Waals surface area contributed by atoms with Crippen molar-refractivity contribution in [2.24, 2.45) is 0 Å². The third kappa shape index (κ3) is 5.32. The SMILES string of the molecule is C1CC2OCCC2O1.CC(=O)NCCOc1ccc(-c2nc3[nH]c(=O)[nH]c3cc2F)cc1. The maximum absolute atomic E-state index is 14.2. The van der Waals surface area contributed by atoms with Crippen LogP contribution in [0.25, 0.3) is 22.4 Å². The normalized spacial score (nSPS) is 19.3. The number of amides is 1. The Morgan fingerprint density at radius 3 is 2.53 bits per heavy atom. The molecular formula is C22H25FN4O5. The lowest BCUT2D eigenvalue weighted by molar-refractivity contribution is -0.119. The molecule has 2 saturated heterocycles. The minimum atomic E-state index is -0.530. The number of pyridine rings is 1. The molecule has 0 aliphatic carbocycles. The van der Waals surface area contributed by atoms with Crippen LogP contribution in [0.5, 0.6) is 5.75 Å². The van der Waals surface area contributed by atoms with Gasteiger partial charge in [0.05, 0.1) is 24.3 Å². The topological polar surface area (TPSA) is 118 Å². The van der Waals surface area contributed by atoms with Crippen molar-refractivity contribution < 1.29 is 23.4 Å². The first-order chi connectivity index (χ1) is 15.5. The fourth-order valence-electron chi connectivity index (χ4n) is 3.67. The zero-order valence-electron chi connectivity index (χ0n) is 17.7. The molecule has 3 aromatic rings. The van der Waals surface area contributed by atoms with Crippen LogP contribution in [0.2, 0.25) is 0 Å². The van der Waals surface area contributed by atoms with Crippen molar-refractivity contribution in [3.8, 4) is 17.0 Å². The number of halogens is 1. The summed E-state index contributed by atoms with van der Waals surface area (Å²) in [4.78, 5) is 31.1. The van der Waals surface area contributed by atoms with Crippen LogP contribution >= 0.6 is 0 Å². The van der Waals surface area contributed by atoms with Crippen molar-refractivity contribution in [3.05, 3.63) is 46.6 Å². The zero-order valence-corrected chi connectivity index (χ0v) is 17.7. The molecule has 1 aromatic carbocycles. The van der Waals surface area contributed by atoms with Crippen LogP contribution in [0.1, 0.15) is 19.8 Å². The van der Waals surface area contributed by atoms with Crippen molar-refractivity contribution in [3.63, 3.8) is 0 Å². The molecule has 0 saturated carbocycles. The molecule has 9 nitrogen and oxygen atoms in total. The Labute approximate surface area is 183 Å². The smallest absolute Gasteiger partial charge is 0.325 e. The van der Waals surface area contributed by atoms with Crippen LogP contribution < -0.4 is 15.7 Å². The Bertz CT molecular complexity index is 1110. The van der Waals surface area contributed by atoms with E-state index in [1.165, 1.54) is 13.0 Å². The maximum atomic E-state index is 14.2. The van der Waals surface area contributed by atoms with E-state index in [0.717, 1.165) is 26.1 Å². The summed E-state index contributed by atoms with van der Waals surface area (Å²) >= 11 is 0. The van der Waals surface area contributed by atoms with Gasteiger partial charge in [-0.2, -0.15) is 0 Å². The summed E-state index contributed by atoms with van der Waals surface area (Å²) in [6, 6.07) is 7.96. The second kappa shape index (κ2) is 9.92. The number of hydrogen-bond donors (Lipinski definition) is 3. The minimum Gasteiger partial charge on any atom is -0.492 e. The molecule has 2 aliphatic heterocycles. The highest BCUT2D eigenvalue weighted by molar-refractivity contribution is 5.75. The molecule has 32 heavy (non-hydrogen) atoms. The van der Waals surface area contributed by atoms with Crippen LogP contribution in [-0.4, -0.2) is 59.4 Å². The highest BCUT2D eigenvalue weighted by atomic mass is 19.1. The van der Waals surface area contributed by atoms with Gasteiger partial charge in [-0.05, 0) is 37.1 Å². The van der Waals surface area contributed by atoms with Crippen LogP contribution in [0, 0.1) is 5.82 Å². The molecule has 5 rings (SSSR count). The summed E-state index contributed by atoms with van der Waals surface area (Å²) in [5, 5.41) is 2.62. The lowest BCUT2D eigenvalue weighted by Gasteiger charge is -2.08. The Morgan fingerprint density at radius 2 is 1.88 bits per heavy atom. The van der Waals surface area contributed by atoms with Crippen LogP contribution in [0.15, 0.2) is 35.1 Å². The van der Waals surface area contributed by atoms with E-state index in [1.807, 2.05) is 0 Å². The summed E-state index contributed by atoms with van der Waals surface area (Å²) in [6.07, 6.45) is 3.14. The summed E-state index contributed by atoms with van der Waals surface area (Å²) in [5.41, 5.74) is 0.886. The second-order valence-electron chi connectivity index (χ2n) is 7.55. The van der Waals surface area contributed by atoms with Gasteiger partial charge in [0, 0.05) is 31.8 Å². The molecule has 2 unspecified atom stereocenters. The van der Waals surface area contributed by atoms with Gasteiger partial charge in [-0.25, -0.2) is 14.2 Å². The fraction of sp³-hybridized carbons (Fsp3) is 0.409. The van der Waals surface area contributed by atoms with Gasteiger partial charge in [0.25, 0.3) is 0 Å². The average Bonchev–Trinajstić information content (AvgIpc) is 3.47. The number of rotatable bonds is 5. The lowest BCUT2D eigenvalue weighted by atomic mass is 10.1. The molecule has 4 heterocycles. The summed E-state index contributed by atoms with van der Waals surface area (Å²) in [6.45, 7) is 4.00. The Morgan fingerprint density at radius 1 is 1.19 bits per heavy atom. The van der Waals surface area contributed by atoms with Gasteiger partial charge in [-0.3, -0.25) is 9.78 Å². The van der Waals surface area contributed by atoms with E-state index in [2.05, 4.69) is 20.3 Å². The number of imidazole rings is 1. The summed E-state index contributed by atoms with van der Waals surface area (Å²) in [5.74, 6) is -0.0496. The molecule has 0 bridgehead atoms. The van der Waals surface area contributed by atoms with Gasteiger partial charge >= 0.3 is 5.69 Å². The van der Waals surface area contributed by atoms with E-state index >= 15 is 0 Å². The largest absolute Gasteiger partial charge is 0.492 e. The highest BCUT2D eigenvalue weighted by Gasteiger charge is 2.33. The molecule has 2 aliphatic rings. The third-order valence-corrected chi connectivity index (χ3v) is 5.21. The summed E-state index contributed by atoms with van der Waals surface area (Å²) < 4.78 is 30.3. The predicted octanol–water partition coefficient (Wildman–Crippen LogP) is 2.14. The first-order valence-corrected chi connectivity index (χ1v) is 10.5. The number of hydrogen-bond acceptors (Lipinski definition) is 6. The molecule has 10 heteroatoms. The monoisotopic (exact) mass is 444 g/mol. The number of carbonyl (C=O) groups excluding carboxylic acids is 1. The minimum absolute atomic E-state index is 0.117. The number of nitrogens with one attached hydrogen (secondary N) is 3. The Balaban J connectivity index is 0.000000254. The van der Waals surface area contributed by atoms with Crippen molar-refractivity contribution in [2.45, 2.75) is 32.0 Å². The van der Waals surface area contributed by atoms with Crippen LogP contribution in [-0.2, 0) is 14.3 Å². The number of carbonyl (C=O) groups is 1. The van der Waals surface area contributed by atoms with Crippen LogP contribution in [0.3, 0.4) is 0 Å². The molecule has 0 spiro atoms. The maximum Gasteiger partial charge on any atom is 0.325 e. The van der Waals surface area contributed by atoms with Crippen molar-refractivity contribution in [1.82, 2.24) is 20.3 Å². The van der Waals surface area contributed by atoms with Gasteiger partial charge in [0.2, 0.25) is 5.91 Å². The predicted molar refractivity (Wildman–Crippen MR) is 115 cm³/mol. The first-order valence-electron chi connectivity index (χ1n) is 10.5. The van der Waals surface area contributed by atoms with E-state index in [0.29, 0.717) is 47.8 Å². The number of ether oxygens (including phenoxy) is 3. The quantitative estimate of drug-likeness (QED) is 0.519. The molecule has 1 amide bonds. The number of fused-ring (bicyclic) bond motifs is 2. The third-order valence-electron chi connectivity index (χ3n) is 5.21. The van der Waals surface area contributed by atoms with Gasteiger partial charge in [-0.15, -0.1) is 0 Å². The Hall–Kier alpha value is -3.24. The standard InChI is InChI=1S/C16H15FN4O3.C6H10O2/c1-9(22)18-6-7-24-11-4-2-10(3-5-11)14-12(17)8-13-15(20-14)21-16(23)19-13;1-3-7-6-2-4-8-5(1)6/h2-5,8H,6-7H2,1H3,(H,18,22)(H2,19,20,21,23);5-6H,1-4H2. The van der Waals surface area contributed by atoms with E-state index in [1.54, 1.807) is 24.3 Å². The van der Waals surface area contributed by atoms with Crippen LogP contribution in [0.4, 0.5) is 4.39 Å². The van der Waals surface area contributed by atoms with Crippen molar-refractivity contribution >= 4 is 17.1 Å². The van der Waals surface area contributed by atoms with E-state index in [-0.39, 0.29) is 11.6 Å². The molecular weight excluding hydrogens is 419 g/mol. The second-order valence-corrected chi connectivity index (χ2v) is 7.55. The highest BCUT2D eigenvalue weighted by Crippen LogP contribution is 2.26. The van der Waals surface area contributed by atoms with Gasteiger partial charge in [0.15, 0.2) is 11.5 Å². The fourth-order valence-corrected chi connectivity index (χ4v) is 3.67. The molecule has 170 valence electrons. The number of H-pyrrole nitrogens is 2. The zero-order chi connectivity index (χ0) is 22.5. The molecule has 2 fully saturated rings. The van der Waals surface area contributed by atoms with Gasteiger partial charge in [0.1, 0.15) is 18.1 Å². The number of aromatic amines is 2. The average molecular weight is 444 g/mol. The van der Waals surface area contributed by atoms with E-state index < -0.39 is 11.5 Å². The number of aromatic nitrogens is 3. The number of nitrogens with zero attached hydrogens (tertiary/aromatic N) is 1. The first kappa shape index (κ1) is 22.0. The number of benzene rings is 1. The molecule has 2 aromatic heterocycles. The van der Waals surface area contributed by atoms with Gasteiger partial charge < -0.3 is 24.5 Å². The Kier molecular flexibility index (Phi) is 6.81. The van der Waals surface area contributed by atoms with E-state index in [4.69, 9.17) is 14.2 Å². The van der Waals surface area contributed by atoms with Gasteiger partial charge in [-0.1, -0.05) is 0 Å². The summed E-state index contributed by atoms with van der Waals surface area (Å²) in [7, 11) is 0. The molecule has 0 radical (unpaired) electrons. The van der Waals surface area contributed by atoms with E-state index in [9.17, 15) is 14.0 Å². The molecule has 2 atom stereocenters.